The number of likely N-dealkylation sites (tertiary alicyclic amines) is 1. The molecule has 0 radical (unpaired) electrons. The van der Waals surface area contributed by atoms with E-state index in [-0.39, 0.29) is 61.0 Å². The van der Waals surface area contributed by atoms with E-state index in [9.17, 15) is 39.0 Å². The minimum atomic E-state index is -1.25. The summed E-state index contributed by atoms with van der Waals surface area (Å²) >= 11 is 0. The van der Waals surface area contributed by atoms with E-state index in [1.54, 1.807) is 0 Å². The van der Waals surface area contributed by atoms with Crippen LogP contribution in [0.1, 0.15) is 127 Å². The number of aliphatic carboxylic acids is 1. The van der Waals surface area contributed by atoms with Gasteiger partial charge in [-0.25, -0.2) is 4.79 Å². The predicted octanol–water partition coefficient (Wildman–Crippen LogP) is 0.208. The van der Waals surface area contributed by atoms with Crippen LogP contribution in [0, 0.1) is 5.92 Å². The van der Waals surface area contributed by atoms with Gasteiger partial charge in [-0.1, -0.05) is 75.6 Å². The molecule has 1 aliphatic carbocycles. The number of benzene rings is 1. The van der Waals surface area contributed by atoms with Crippen molar-refractivity contribution in [3.63, 3.8) is 0 Å². The van der Waals surface area contributed by atoms with Gasteiger partial charge in [0.25, 0.3) is 0 Å². The minimum absolute atomic E-state index is 0.0374. The second-order valence-corrected chi connectivity index (χ2v) is 17.6. The number of nitrogens with zero attached hydrogens (tertiary/aromatic N) is 4. The lowest BCUT2D eigenvalue weighted by molar-refractivity contribution is -0.156. The summed E-state index contributed by atoms with van der Waals surface area (Å²) in [4.78, 5) is 90.5. The Morgan fingerprint density at radius 2 is 1.35 bits per heavy atom. The molecule has 362 valence electrons. The van der Waals surface area contributed by atoms with Crippen molar-refractivity contribution in [2.24, 2.45) is 44.6 Å². The molecule has 3 aliphatic rings. The lowest BCUT2D eigenvalue weighted by Crippen LogP contribution is -2.61. The highest BCUT2D eigenvalue weighted by molar-refractivity contribution is 5.95. The predicted molar refractivity (Wildman–Crippen MR) is 246 cm³/mol. The molecule has 20 nitrogen and oxygen atoms in total. The van der Waals surface area contributed by atoms with Crippen molar-refractivity contribution in [2.75, 3.05) is 26.2 Å². The molecule has 15 N–H and O–H groups in total. The van der Waals surface area contributed by atoms with Crippen LogP contribution in [0.3, 0.4) is 0 Å². The number of aliphatic imine (C=N–C) groups is 2. The molecule has 2 heterocycles. The van der Waals surface area contributed by atoms with E-state index >= 15 is 0 Å². The number of carbonyl (C=O) groups excluding carboxylic acids is 5. The number of rotatable bonds is 27. The zero-order valence-electron chi connectivity index (χ0n) is 37.8. The number of fused-ring (bicyclic) bond motifs is 2. The number of unbranched alkanes of at least 4 members (excludes halogenated alkanes) is 7. The van der Waals surface area contributed by atoms with Crippen molar-refractivity contribution >= 4 is 47.4 Å². The first-order chi connectivity index (χ1) is 31.2. The van der Waals surface area contributed by atoms with Crippen molar-refractivity contribution < 1.29 is 39.0 Å². The molecule has 2 aliphatic heterocycles. The molecule has 1 saturated carbocycles. The Bertz CT molecular complexity index is 1800. The molecule has 0 aromatic heterocycles. The topological polar surface area (TPSA) is 340 Å². The van der Waals surface area contributed by atoms with Crippen LogP contribution in [-0.4, -0.2) is 130 Å². The fourth-order valence-corrected chi connectivity index (χ4v) is 9.30. The van der Waals surface area contributed by atoms with Crippen LogP contribution in [0.15, 0.2) is 34.3 Å². The average Bonchev–Trinajstić information content (AvgIpc) is 3.68. The van der Waals surface area contributed by atoms with E-state index in [1.165, 1.54) is 9.80 Å². The van der Waals surface area contributed by atoms with Crippen LogP contribution in [0.4, 0.5) is 0 Å². The van der Waals surface area contributed by atoms with Gasteiger partial charge < -0.3 is 64.6 Å². The molecule has 7 atom stereocenters. The van der Waals surface area contributed by atoms with E-state index in [4.69, 9.17) is 28.7 Å². The number of carboxylic acid groups (broad SMARTS) is 1. The van der Waals surface area contributed by atoms with Gasteiger partial charge in [0.15, 0.2) is 11.9 Å². The van der Waals surface area contributed by atoms with Crippen molar-refractivity contribution in [1.82, 2.24) is 25.8 Å². The van der Waals surface area contributed by atoms with Gasteiger partial charge in [0.2, 0.25) is 29.5 Å². The number of nitrogens with two attached hydrogens (primary N) is 5. The van der Waals surface area contributed by atoms with Gasteiger partial charge in [-0.15, -0.1) is 0 Å². The Labute approximate surface area is 382 Å². The van der Waals surface area contributed by atoms with Gasteiger partial charge in [0.05, 0.1) is 12.6 Å². The summed E-state index contributed by atoms with van der Waals surface area (Å²) < 4.78 is 0. The summed E-state index contributed by atoms with van der Waals surface area (Å²) in [5.74, 6) is -3.10. The summed E-state index contributed by atoms with van der Waals surface area (Å²) in [5, 5.41) is 28.8. The molecule has 5 amide bonds. The van der Waals surface area contributed by atoms with Gasteiger partial charge in [0, 0.05) is 45.1 Å². The normalized spacial score (nSPS) is 20.3. The van der Waals surface area contributed by atoms with Crippen LogP contribution < -0.4 is 44.6 Å². The third kappa shape index (κ3) is 16.5. The highest BCUT2D eigenvalue weighted by Gasteiger charge is 2.51. The number of hydrogen-bond acceptors (Lipinski definition) is 10. The van der Waals surface area contributed by atoms with E-state index in [0.717, 1.165) is 81.8 Å². The Balaban J connectivity index is 1.16. The third-order valence-electron chi connectivity index (χ3n) is 12.8. The summed E-state index contributed by atoms with van der Waals surface area (Å²) in [6.45, 7) is 0.560. The first-order valence-corrected chi connectivity index (χ1v) is 23.5. The molecular formula is C45H74N12O8. The van der Waals surface area contributed by atoms with Crippen LogP contribution in [-0.2, 0) is 41.7 Å². The van der Waals surface area contributed by atoms with Crippen LogP contribution in [0.25, 0.3) is 0 Å². The summed E-state index contributed by atoms with van der Waals surface area (Å²) in [6, 6.07) is 2.56. The summed E-state index contributed by atoms with van der Waals surface area (Å²) in [7, 11) is 0. The minimum Gasteiger partial charge on any atom is -0.480 e. The lowest BCUT2D eigenvalue weighted by atomic mass is 9.84. The largest absolute Gasteiger partial charge is 0.480 e. The van der Waals surface area contributed by atoms with Gasteiger partial charge in [-0.3, -0.25) is 34.0 Å². The smallest absolute Gasteiger partial charge is 0.326 e. The van der Waals surface area contributed by atoms with E-state index < -0.39 is 54.6 Å². The maximum Gasteiger partial charge on any atom is 0.326 e. The highest BCUT2D eigenvalue weighted by atomic mass is 16.4. The quantitative estimate of drug-likeness (QED) is 0.0321. The van der Waals surface area contributed by atoms with Crippen molar-refractivity contribution in [1.29, 1.82) is 0 Å². The summed E-state index contributed by atoms with van der Waals surface area (Å²) in [5.41, 5.74) is 29.3. The first-order valence-electron chi connectivity index (χ1n) is 23.5. The summed E-state index contributed by atoms with van der Waals surface area (Å²) in [6.07, 6.45) is 12.8. The number of aliphatic hydroxyl groups excluding tert-OH is 1. The molecule has 20 heteroatoms. The maximum absolute atomic E-state index is 14.4. The van der Waals surface area contributed by atoms with Gasteiger partial charge in [0.1, 0.15) is 24.2 Å². The van der Waals surface area contributed by atoms with Crippen LogP contribution >= 0.6 is 0 Å². The molecule has 0 spiro atoms. The molecule has 0 unspecified atom stereocenters. The molecule has 1 saturated heterocycles. The second-order valence-electron chi connectivity index (χ2n) is 17.6. The third-order valence-corrected chi connectivity index (χ3v) is 12.8. The Hall–Kier alpha value is -5.50. The first kappa shape index (κ1) is 52.1. The van der Waals surface area contributed by atoms with E-state index in [0.29, 0.717) is 58.2 Å². The molecular weight excluding hydrogens is 837 g/mol. The zero-order chi connectivity index (χ0) is 47.3. The van der Waals surface area contributed by atoms with E-state index in [1.807, 2.05) is 24.3 Å². The van der Waals surface area contributed by atoms with Gasteiger partial charge in [-0.2, -0.15) is 0 Å². The highest BCUT2D eigenvalue weighted by Crippen LogP contribution is 2.41. The zero-order valence-corrected chi connectivity index (χ0v) is 37.8. The molecule has 0 bridgehead atoms. The van der Waals surface area contributed by atoms with Crippen LogP contribution in [0.2, 0.25) is 0 Å². The monoisotopic (exact) mass is 911 g/mol. The number of carbonyl (C=O) groups is 6. The second kappa shape index (κ2) is 27.1. The Kier molecular flexibility index (Phi) is 21.7. The molecule has 65 heavy (non-hydrogen) atoms. The molecule has 4 rings (SSSR count). The van der Waals surface area contributed by atoms with Crippen molar-refractivity contribution in [2.45, 2.75) is 165 Å². The van der Waals surface area contributed by atoms with Gasteiger partial charge in [-0.05, 0) is 74.8 Å². The van der Waals surface area contributed by atoms with Crippen LogP contribution in [0.5, 0.6) is 0 Å². The Morgan fingerprint density at radius 1 is 0.738 bits per heavy atom. The van der Waals surface area contributed by atoms with Crippen molar-refractivity contribution in [3.8, 4) is 0 Å². The number of hydrogen-bond donors (Lipinski definition) is 10. The van der Waals surface area contributed by atoms with Crippen molar-refractivity contribution in [3.05, 3.63) is 35.4 Å². The number of aliphatic hydroxyl groups is 1. The number of amides is 5. The number of carboxylic acids is 1. The fourth-order valence-electron chi connectivity index (χ4n) is 9.30. The standard InChI is InChI=1S/C45H74N12O8/c46-32(18-13-23-52-44(47)48)39(60)55-33(19-14-24-53-45(49)50)40(61)51-22-12-6-4-2-1-3-5-7-21-38(59)54-34(28-58)41(62)56-27-31-17-9-8-15-29(31)25-36(56)42(63)57-35-20-11-10-16-30(35)26-37(57)43(64)65/h8-9,15,17,30,32-37,58H,1-7,10-14,16,18-28,46H2,(H,51,61)(H,54,59)(H,55,60)(H,64,65)(H4,47,48,52)(H4,49,50,53)/t30-,32+,33-,34-,35-,36+,37-/m0/s1. The molecule has 1 aromatic carbocycles. The lowest BCUT2D eigenvalue weighted by Gasteiger charge is -2.42. The number of nitrogens with one attached hydrogen (secondary N) is 3. The molecule has 2 fully saturated rings. The Morgan fingerprint density at radius 3 is 2.00 bits per heavy atom. The van der Waals surface area contributed by atoms with E-state index in [2.05, 4.69) is 25.9 Å². The number of guanidine groups is 2. The van der Waals surface area contributed by atoms with Gasteiger partial charge >= 0.3 is 5.97 Å². The average molecular weight is 911 g/mol. The SMILES string of the molecule is NC(N)=NCCC[C@@H](N)C(=O)N[C@@H](CCCN=C(N)N)C(=O)NCCCCCCCCCCC(=O)N[C@@H](CO)C(=O)N1Cc2ccccc2C[C@@H]1C(=O)N1[C@H](C(=O)O)C[C@@H]2CCCC[C@@H]21. The maximum atomic E-state index is 14.4. The molecule has 1 aromatic rings. The fraction of sp³-hybridized carbons (Fsp3) is 0.689.